The molecule has 0 saturated heterocycles. The molecule has 2 aliphatic rings. The number of fused-ring (bicyclic) bond motifs is 2. The van der Waals surface area contributed by atoms with Crippen LogP contribution in [0.4, 0.5) is 0 Å². The monoisotopic (exact) mass is 428 g/mol. The van der Waals surface area contributed by atoms with Crippen LogP contribution in [-0.4, -0.2) is 38.9 Å². The number of aryl methyl sites for hydroxylation is 1. The summed E-state index contributed by atoms with van der Waals surface area (Å²) in [6.07, 6.45) is 4.41. The van der Waals surface area contributed by atoms with Gasteiger partial charge in [0.05, 0.1) is 29.1 Å². The van der Waals surface area contributed by atoms with Gasteiger partial charge in [0, 0.05) is 11.3 Å². The zero-order chi connectivity index (χ0) is 22.4. The standard InChI is InChI=1S/C25H24N4O3/c1-15-7-5-11-21(16(15)2)29-22-12-6-10-20(19(22)13-26-29)27-23(30)14-28-24(31)17-8-3-4-9-18(17)25(28)32/h3-5,7-9,11,13,20H,6,10,12,14H2,1-2H3,(H,27,30). The fourth-order valence-electron chi connectivity index (χ4n) is 4.65. The lowest BCUT2D eigenvalue weighted by atomic mass is 9.92. The molecule has 0 spiro atoms. The van der Waals surface area contributed by atoms with Gasteiger partial charge in [0.15, 0.2) is 0 Å². The molecule has 0 bridgehead atoms. The molecule has 162 valence electrons. The van der Waals surface area contributed by atoms with E-state index in [1.165, 1.54) is 11.1 Å². The van der Waals surface area contributed by atoms with E-state index in [-0.39, 0.29) is 18.5 Å². The molecule has 7 heteroatoms. The highest BCUT2D eigenvalue weighted by molar-refractivity contribution is 6.22. The molecule has 1 aliphatic heterocycles. The van der Waals surface area contributed by atoms with Crippen LogP contribution < -0.4 is 5.32 Å². The van der Waals surface area contributed by atoms with Crippen LogP contribution in [0.1, 0.15) is 62.0 Å². The summed E-state index contributed by atoms with van der Waals surface area (Å²) in [7, 11) is 0. The zero-order valence-electron chi connectivity index (χ0n) is 18.1. The Morgan fingerprint density at radius 2 is 1.78 bits per heavy atom. The van der Waals surface area contributed by atoms with Crippen molar-refractivity contribution < 1.29 is 14.4 Å². The molecule has 1 aromatic heterocycles. The number of carbonyl (C=O) groups excluding carboxylic acids is 3. The predicted octanol–water partition coefficient (Wildman–Crippen LogP) is 3.28. The van der Waals surface area contributed by atoms with Crippen LogP contribution in [-0.2, 0) is 11.2 Å². The van der Waals surface area contributed by atoms with Gasteiger partial charge in [-0.3, -0.25) is 19.3 Å². The third-order valence-electron chi connectivity index (χ3n) is 6.50. The number of rotatable bonds is 4. The van der Waals surface area contributed by atoms with Gasteiger partial charge < -0.3 is 5.32 Å². The van der Waals surface area contributed by atoms with Gasteiger partial charge in [-0.1, -0.05) is 24.3 Å². The Labute approximate surface area is 186 Å². The summed E-state index contributed by atoms with van der Waals surface area (Å²) >= 11 is 0. The number of aromatic nitrogens is 2. The Morgan fingerprint density at radius 3 is 2.50 bits per heavy atom. The second-order valence-electron chi connectivity index (χ2n) is 8.43. The van der Waals surface area contributed by atoms with Crippen LogP contribution >= 0.6 is 0 Å². The lowest BCUT2D eigenvalue weighted by Crippen LogP contribution is -2.42. The Hall–Kier alpha value is -3.74. The van der Waals surface area contributed by atoms with Crippen LogP contribution in [0, 0.1) is 13.8 Å². The van der Waals surface area contributed by atoms with Crippen LogP contribution in [0.25, 0.3) is 5.69 Å². The Bertz CT molecular complexity index is 1220. The quantitative estimate of drug-likeness (QED) is 0.647. The number of imide groups is 1. The minimum absolute atomic E-state index is 0.194. The second kappa shape index (κ2) is 7.75. The van der Waals surface area contributed by atoms with Gasteiger partial charge in [-0.2, -0.15) is 5.10 Å². The third kappa shape index (κ3) is 3.21. The van der Waals surface area contributed by atoms with Crippen molar-refractivity contribution in [1.82, 2.24) is 20.0 Å². The smallest absolute Gasteiger partial charge is 0.262 e. The Morgan fingerprint density at radius 1 is 1.06 bits per heavy atom. The van der Waals surface area contributed by atoms with Crippen molar-refractivity contribution in [3.05, 3.63) is 82.2 Å². The van der Waals surface area contributed by atoms with Crippen molar-refractivity contribution in [3.63, 3.8) is 0 Å². The summed E-state index contributed by atoms with van der Waals surface area (Å²) < 4.78 is 1.97. The van der Waals surface area contributed by atoms with Crippen molar-refractivity contribution in [1.29, 1.82) is 0 Å². The fourth-order valence-corrected chi connectivity index (χ4v) is 4.65. The molecule has 7 nitrogen and oxygen atoms in total. The molecule has 2 heterocycles. The molecular formula is C25H24N4O3. The molecule has 0 fully saturated rings. The first-order valence-corrected chi connectivity index (χ1v) is 10.8. The maximum Gasteiger partial charge on any atom is 0.262 e. The van der Waals surface area contributed by atoms with E-state index in [1.54, 1.807) is 24.3 Å². The predicted molar refractivity (Wildman–Crippen MR) is 119 cm³/mol. The number of nitrogens with zero attached hydrogens (tertiary/aromatic N) is 3. The van der Waals surface area contributed by atoms with E-state index in [0.29, 0.717) is 11.1 Å². The topological polar surface area (TPSA) is 84.3 Å². The highest BCUT2D eigenvalue weighted by atomic mass is 16.2. The summed E-state index contributed by atoms with van der Waals surface area (Å²) in [5, 5.41) is 7.65. The third-order valence-corrected chi connectivity index (χ3v) is 6.50. The van der Waals surface area contributed by atoms with Crippen molar-refractivity contribution >= 4 is 17.7 Å². The van der Waals surface area contributed by atoms with E-state index in [1.807, 2.05) is 16.9 Å². The first-order chi connectivity index (χ1) is 15.5. The van der Waals surface area contributed by atoms with Crippen molar-refractivity contribution in [2.75, 3.05) is 6.54 Å². The number of nitrogens with one attached hydrogen (secondary N) is 1. The second-order valence-corrected chi connectivity index (χ2v) is 8.43. The van der Waals surface area contributed by atoms with Gasteiger partial charge in [-0.15, -0.1) is 0 Å². The summed E-state index contributed by atoms with van der Waals surface area (Å²) in [5.41, 5.74) is 6.21. The Balaban J connectivity index is 1.35. The number of hydrogen-bond acceptors (Lipinski definition) is 4. The minimum Gasteiger partial charge on any atom is -0.348 e. The SMILES string of the molecule is Cc1cccc(-n2ncc3c2CCCC3NC(=O)CN2C(=O)c3ccccc3C2=O)c1C. The number of carbonyl (C=O) groups is 3. The van der Waals surface area contributed by atoms with Gasteiger partial charge in [0.1, 0.15) is 6.54 Å². The average molecular weight is 428 g/mol. The van der Waals surface area contributed by atoms with Crippen LogP contribution in [0.3, 0.4) is 0 Å². The van der Waals surface area contributed by atoms with Crippen molar-refractivity contribution in [2.24, 2.45) is 0 Å². The molecule has 3 aromatic rings. The molecule has 5 rings (SSSR count). The van der Waals surface area contributed by atoms with E-state index >= 15 is 0 Å². The largest absolute Gasteiger partial charge is 0.348 e. The number of amides is 3. The molecule has 1 unspecified atom stereocenters. The van der Waals surface area contributed by atoms with Crippen LogP contribution in [0.2, 0.25) is 0 Å². The molecule has 0 radical (unpaired) electrons. The zero-order valence-corrected chi connectivity index (χ0v) is 18.1. The average Bonchev–Trinajstić information content (AvgIpc) is 3.32. The molecule has 1 N–H and O–H groups in total. The summed E-state index contributed by atoms with van der Waals surface area (Å²) in [5.74, 6) is -1.20. The van der Waals surface area contributed by atoms with Gasteiger partial charge in [0.25, 0.3) is 11.8 Å². The molecule has 1 aliphatic carbocycles. The first kappa shape index (κ1) is 20.2. The normalized spacial score (nSPS) is 17.3. The fraction of sp³-hybridized carbons (Fsp3) is 0.280. The highest BCUT2D eigenvalue weighted by Gasteiger charge is 2.37. The molecule has 1 atom stereocenters. The van der Waals surface area contributed by atoms with E-state index in [2.05, 4.69) is 36.4 Å². The number of benzene rings is 2. The first-order valence-electron chi connectivity index (χ1n) is 10.8. The Kier molecular flexibility index (Phi) is 4.89. The molecule has 0 saturated carbocycles. The highest BCUT2D eigenvalue weighted by Crippen LogP contribution is 2.32. The summed E-state index contributed by atoms with van der Waals surface area (Å²) in [6.45, 7) is 3.88. The molecule has 3 amide bonds. The molecule has 2 aromatic carbocycles. The summed E-state index contributed by atoms with van der Waals surface area (Å²) in [6, 6.07) is 12.6. The van der Waals surface area contributed by atoms with Crippen molar-refractivity contribution in [3.8, 4) is 5.69 Å². The van der Waals surface area contributed by atoms with E-state index in [0.717, 1.165) is 41.1 Å². The van der Waals surface area contributed by atoms with Gasteiger partial charge >= 0.3 is 0 Å². The number of hydrogen-bond donors (Lipinski definition) is 1. The summed E-state index contributed by atoms with van der Waals surface area (Å²) in [4.78, 5) is 39.0. The van der Waals surface area contributed by atoms with Crippen molar-refractivity contribution in [2.45, 2.75) is 39.2 Å². The lowest BCUT2D eigenvalue weighted by Gasteiger charge is -2.25. The maximum absolute atomic E-state index is 12.8. The van der Waals surface area contributed by atoms with E-state index < -0.39 is 11.8 Å². The van der Waals surface area contributed by atoms with E-state index in [4.69, 9.17) is 0 Å². The van der Waals surface area contributed by atoms with E-state index in [9.17, 15) is 14.4 Å². The van der Waals surface area contributed by atoms with Gasteiger partial charge in [0.2, 0.25) is 5.91 Å². The molecular weight excluding hydrogens is 404 g/mol. The minimum atomic E-state index is -0.423. The van der Waals surface area contributed by atoms with Gasteiger partial charge in [-0.05, 0) is 62.4 Å². The van der Waals surface area contributed by atoms with Crippen LogP contribution in [0.5, 0.6) is 0 Å². The molecule has 32 heavy (non-hydrogen) atoms. The maximum atomic E-state index is 12.8. The van der Waals surface area contributed by atoms with Gasteiger partial charge in [-0.25, -0.2) is 4.68 Å². The lowest BCUT2D eigenvalue weighted by molar-refractivity contribution is -0.122. The van der Waals surface area contributed by atoms with Crippen LogP contribution in [0.15, 0.2) is 48.7 Å².